The number of ether oxygens (including phenoxy) is 1. The van der Waals surface area contributed by atoms with E-state index in [2.05, 4.69) is 6.58 Å². The minimum absolute atomic E-state index is 0.0528. The Kier molecular flexibility index (Phi) is 4.31. The molecule has 0 saturated carbocycles. The summed E-state index contributed by atoms with van der Waals surface area (Å²) < 4.78 is 27.9. The van der Waals surface area contributed by atoms with E-state index in [1.807, 2.05) is 0 Å². The molecule has 0 bridgehead atoms. The molecular formula is C10H10ClNO5S. The third kappa shape index (κ3) is 3.44. The highest BCUT2D eigenvalue weighted by molar-refractivity contribution is 8.13. The Morgan fingerprint density at radius 1 is 1.56 bits per heavy atom. The van der Waals surface area contributed by atoms with Crippen molar-refractivity contribution in [1.82, 2.24) is 0 Å². The molecule has 98 valence electrons. The molecule has 1 aromatic carbocycles. The standard InChI is InChI=1S/C10H10ClNO5S/c1-3-7(2)17-9-5-4-8(12(13)14)6-10(9)18(11,15)16/h3-7H,1H2,2H3. The first-order valence-corrected chi connectivity index (χ1v) is 7.09. The summed E-state index contributed by atoms with van der Waals surface area (Å²) >= 11 is 0. The van der Waals surface area contributed by atoms with E-state index in [1.165, 1.54) is 12.1 Å². The molecule has 0 spiro atoms. The fraction of sp³-hybridized carbons (Fsp3) is 0.200. The van der Waals surface area contributed by atoms with E-state index in [-0.39, 0.29) is 11.4 Å². The van der Waals surface area contributed by atoms with Crippen molar-refractivity contribution in [3.63, 3.8) is 0 Å². The first-order valence-electron chi connectivity index (χ1n) is 4.78. The molecular weight excluding hydrogens is 282 g/mol. The maximum Gasteiger partial charge on any atom is 0.271 e. The third-order valence-corrected chi connectivity index (χ3v) is 3.39. The Bertz CT molecular complexity index is 584. The summed E-state index contributed by atoms with van der Waals surface area (Å²) in [5.74, 6) is -0.0528. The van der Waals surface area contributed by atoms with Crippen molar-refractivity contribution in [1.29, 1.82) is 0 Å². The number of hydrogen-bond donors (Lipinski definition) is 0. The van der Waals surface area contributed by atoms with Crippen molar-refractivity contribution in [3.05, 3.63) is 41.0 Å². The van der Waals surface area contributed by atoms with Crippen LogP contribution in [0.5, 0.6) is 5.75 Å². The summed E-state index contributed by atoms with van der Waals surface area (Å²) in [7, 11) is 1.08. The molecule has 6 nitrogen and oxygen atoms in total. The van der Waals surface area contributed by atoms with Gasteiger partial charge < -0.3 is 4.74 Å². The molecule has 1 unspecified atom stereocenters. The molecule has 1 aromatic rings. The van der Waals surface area contributed by atoms with E-state index in [0.29, 0.717) is 0 Å². The monoisotopic (exact) mass is 291 g/mol. The molecule has 1 atom stereocenters. The van der Waals surface area contributed by atoms with Gasteiger partial charge in [-0.1, -0.05) is 12.7 Å². The third-order valence-electron chi connectivity index (χ3n) is 2.05. The summed E-state index contributed by atoms with van der Waals surface area (Å²) in [5.41, 5.74) is -0.382. The van der Waals surface area contributed by atoms with Crippen LogP contribution in [0.15, 0.2) is 35.7 Å². The second-order valence-corrected chi connectivity index (χ2v) is 5.92. The summed E-state index contributed by atoms with van der Waals surface area (Å²) in [5, 5.41) is 10.6. The molecule has 0 heterocycles. The van der Waals surface area contributed by atoms with Crippen LogP contribution in [0, 0.1) is 10.1 Å². The van der Waals surface area contributed by atoms with Crippen molar-refractivity contribution in [2.45, 2.75) is 17.9 Å². The van der Waals surface area contributed by atoms with Crippen LogP contribution in [0.4, 0.5) is 5.69 Å². The van der Waals surface area contributed by atoms with Crippen LogP contribution >= 0.6 is 10.7 Å². The van der Waals surface area contributed by atoms with Gasteiger partial charge in [-0.25, -0.2) is 8.42 Å². The topological polar surface area (TPSA) is 86.5 Å². The molecule has 0 aliphatic rings. The fourth-order valence-corrected chi connectivity index (χ4v) is 2.13. The van der Waals surface area contributed by atoms with Crippen LogP contribution in [-0.4, -0.2) is 19.4 Å². The highest BCUT2D eigenvalue weighted by atomic mass is 35.7. The molecule has 0 N–H and O–H groups in total. The molecule has 1 rings (SSSR count). The molecule has 0 aromatic heterocycles. The SMILES string of the molecule is C=CC(C)Oc1ccc([N+](=O)[O-])cc1S(=O)(=O)Cl. The predicted octanol–water partition coefficient (Wildman–Crippen LogP) is 2.48. The molecule has 0 aliphatic carbocycles. The quantitative estimate of drug-likeness (QED) is 0.360. The van der Waals surface area contributed by atoms with Crippen molar-refractivity contribution in [2.24, 2.45) is 0 Å². The van der Waals surface area contributed by atoms with Crippen LogP contribution in [0.2, 0.25) is 0 Å². The lowest BCUT2D eigenvalue weighted by Gasteiger charge is -2.12. The highest BCUT2D eigenvalue weighted by Gasteiger charge is 2.22. The molecule has 0 aliphatic heterocycles. The number of benzene rings is 1. The number of nitro benzene ring substituents is 1. The maximum absolute atomic E-state index is 11.3. The van der Waals surface area contributed by atoms with Crippen molar-refractivity contribution in [2.75, 3.05) is 0 Å². The van der Waals surface area contributed by atoms with Crippen LogP contribution in [0.3, 0.4) is 0 Å². The largest absolute Gasteiger partial charge is 0.485 e. The molecule has 0 fully saturated rings. The zero-order valence-electron chi connectivity index (χ0n) is 9.37. The first-order chi connectivity index (χ1) is 8.25. The smallest absolute Gasteiger partial charge is 0.271 e. The van der Waals surface area contributed by atoms with Crippen LogP contribution in [-0.2, 0) is 9.05 Å². The van der Waals surface area contributed by atoms with E-state index < -0.39 is 25.0 Å². The van der Waals surface area contributed by atoms with E-state index in [9.17, 15) is 18.5 Å². The van der Waals surface area contributed by atoms with Gasteiger partial charge in [-0.2, -0.15) is 0 Å². The Balaban J connectivity index is 3.35. The summed E-state index contributed by atoms with van der Waals surface area (Å²) in [6.45, 7) is 5.12. The van der Waals surface area contributed by atoms with Gasteiger partial charge in [0.2, 0.25) is 0 Å². The lowest BCUT2D eigenvalue weighted by atomic mass is 10.3. The zero-order chi connectivity index (χ0) is 13.9. The maximum atomic E-state index is 11.3. The van der Waals surface area contributed by atoms with Gasteiger partial charge in [0, 0.05) is 22.8 Å². The number of nitrogens with zero attached hydrogens (tertiary/aromatic N) is 1. The molecule has 0 amide bonds. The Morgan fingerprint density at radius 2 is 2.17 bits per heavy atom. The normalized spacial score (nSPS) is 12.8. The molecule has 18 heavy (non-hydrogen) atoms. The second-order valence-electron chi connectivity index (χ2n) is 3.38. The van der Waals surface area contributed by atoms with Gasteiger partial charge in [0.15, 0.2) is 0 Å². The van der Waals surface area contributed by atoms with Gasteiger partial charge in [-0.3, -0.25) is 10.1 Å². The fourth-order valence-electron chi connectivity index (χ4n) is 1.15. The number of hydrogen-bond acceptors (Lipinski definition) is 5. The first kappa shape index (κ1) is 14.5. The second kappa shape index (κ2) is 5.36. The molecule has 0 saturated heterocycles. The average molecular weight is 292 g/mol. The van der Waals surface area contributed by atoms with Crippen molar-refractivity contribution < 1.29 is 18.1 Å². The Morgan fingerprint density at radius 3 is 2.61 bits per heavy atom. The van der Waals surface area contributed by atoms with Crippen LogP contribution in [0.1, 0.15) is 6.92 Å². The number of halogens is 1. The van der Waals surface area contributed by atoms with Gasteiger partial charge in [0.05, 0.1) is 4.92 Å². The molecule has 8 heteroatoms. The number of nitro groups is 1. The predicted molar refractivity (Wildman–Crippen MR) is 66.4 cm³/mol. The van der Waals surface area contributed by atoms with E-state index in [4.69, 9.17) is 15.4 Å². The van der Waals surface area contributed by atoms with Crippen molar-refractivity contribution >= 4 is 25.4 Å². The number of non-ortho nitro benzene ring substituents is 1. The summed E-state index contributed by atoms with van der Waals surface area (Å²) in [4.78, 5) is 9.43. The van der Waals surface area contributed by atoms with E-state index in [1.54, 1.807) is 6.92 Å². The van der Waals surface area contributed by atoms with Gasteiger partial charge in [-0.05, 0) is 13.0 Å². The average Bonchev–Trinajstić information content (AvgIpc) is 2.27. The van der Waals surface area contributed by atoms with Gasteiger partial charge in [-0.15, -0.1) is 0 Å². The highest BCUT2D eigenvalue weighted by Crippen LogP contribution is 2.31. The minimum Gasteiger partial charge on any atom is -0.485 e. The Hall–Kier alpha value is -1.60. The van der Waals surface area contributed by atoms with Crippen molar-refractivity contribution in [3.8, 4) is 5.75 Å². The number of rotatable bonds is 5. The van der Waals surface area contributed by atoms with Gasteiger partial charge in [0.25, 0.3) is 14.7 Å². The van der Waals surface area contributed by atoms with Crippen LogP contribution < -0.4 is 4.74 Å². The molecule has 0 radical (unpaired) electrons. The van der Waals surface area contributed by atoms with E-state index >= 15 is 0 Å². The van der Waals surface area contributed by atoms with Crippen LogP contribution in [0.25, 0.3) is 0 Å². The van der Waals surface area contributed by atoms with Gasteiger partial charge >= 0.3 is 0 Å². The van der Waals surface area contributed by atoms with Gasteiger partial charge in [0.1, 0.15) is 16.7 Å². The summed E-state index contributed by atoms with van der Waals surface area (Å²) in [6.07, 6.45) is 0.995. The lowest BCUT2D eigenvalue weighted by molar-refractivity contribution is -0.385. The minimum atomic E-state index is -4.13. The lowest BCUT2D eigenvalue weighted by Crippen LogP contribution is -2.10. The zero-order valence-corrected chi connectivity index (χ0v) is 10.9. The van der Waals surface area contributed by atoms with E-state index in [0.717, 1.165) is 12.1 Å². The summed E-state index contributed by atoms with van der Waals surface area (Å²) in [6, 6.07) is 3.18. The Labute approximate surface area is 108 Å².